The molecule has 232 valence electrons. The molecule has 3 fully saturated rings. The monoisotopic (exact) mass is 590 g/mol. The molecule has 3 heterocycles. The van der Waals surface area contributed by atoms with Crippen LogP contribution in [0.15, 0.2) is 54.6 Å². The molecule has 3 N–H and O–H groups in total. The van der Waals surface area contributed by atoms with E-state index in [0.29, 0.717) is 24.2 Å². The Bertz CT molecular complexity index is 1330. The number of nitrogens with zero attached hydrogens (tertiary/aromatic N) is 2. The van der Waals surface area contributed by atoms with E-state index in [4.69, 9.17) is 4.74 Å². The average molecular weight is 591 g/mol. The Labute approximate surface area is 255 Å². The first-order valence-electron chi connectivity index (χ1n) is 15.7. The van der Waals surface area contributed by atoms with E-state index < -0.39 is 35.1 Å². The second-order valence-corrected chi connectivity index (χ2v) is 13.0. The van der Waals surface area contributed by atoms with Gasteiger partial charge in [0.1, 0.15) is 11.6 Å². The SMILES string of the molecule is CCN(CC)c1ccc(NC(=O)C2N([C@@H](CO)CC(C)C)C(=O)[C@@H]3[C@H](C(=O)Nc4ccccc4)[C@@]4(C)OC23CC4C)cc1. The normalized spacial score (nSPS) is 30.0. The lowest BCUT2D eigenvalue weighted by Gasteiger charge is -2.37. The number of hydrogen-bond donors (Lipinski definition) is 3. The Balaban J connectivity index is 1.53. The molecule has 7 atom stereocenters. The molecular formula is C34H46N4O5. The number of fused-ring (bicyclic) bond motifs is 1. The van der Waals surface area contributed by atoms with Crippen molar-refractivity contribution >= 4 is 34.8 Å². The molecule has 1 spiro atoms. The van der Waals surface area contributed by atoms with Gasteiger partial charge in [0.05, 0.1) is 30.1 Å². The molecule has 43 heavy (non-hydrogen) atoms. The van der Waals surface area contributed by atoms with Gasteiger partial charge in [0, 0.05) is 30.2 Å². The minimum Gasteiger partial charge on any atom is -0.394 e. The third-order valence-electron chi connectivity index (χ3n) is 9.94. The fraction of sp³-hybridized carbons (Fsp3) is 0.559. The molecule has 0 saturated carbocycles. The van der Waals surface area contributed by atoms with Gasteiger partial charge in [0.25, 0.3) is 0 Å². The van der Waals surface area contributed by atoms with Gasteiger partial charge in [-0.1, -0.05) is 39.0 Å². The van der Waals surface area contributed by atoms with Gasteiger partial charge in [-0.3, -0.25) is 14.4 Å². The Hall–Kier alpha value is -3.43. The van der Waals surface area contributed by atoms with Gasteiger partial charge in [0.2, 0.25) is 17.7 Å². The Kier molecular flexibility index (Phi) is 8.60. The first-order valence-corrected chi connectivity index (χ1v) is 15.7. The molecule has 3 unspecified atom stereocenters. The van der Waals surface area contributed by atoms with Gasteiger partial charge >= 0.3 is 0 Å². The molecule has 0 aromatic heterocycles. The number of likely N-dealkylation sites (tertiary alicyclic amines) is 1. The van der Waals surface area contributed by atoms with E-state index in [1.807, 2.05) is 82.3 Å². The summed E-state index contributed by atoms with van der Waals surface area (Å²) in [7, 11) is 0. The summed E-state index contributed by atoms with van der Waals surface area (Å²) in [5.74, 6) is -2.52. The Morgan fingerprint density at radius 3 is 2.21 bits per heavy atom. The third kappa shape index (κ3) is 5.20. The second-order valence-electron chi connectivity index (χ2n) is 13.0. The lowest BCUT2D eigenvalue weighted by molar-refractivity contribution is -0.148. The van der Waals surface area contributed by atoms with Crippen LogP contribution >= 0.6 is 0 Å². The highest BCUT2D eigenvalue weighted by molar-refractivity contribution is 6.05. The smallest absolute Gasteiger partial charge is 0.250 e. The molecule has 2 aromatic rings. The number of para-hydroxylation sites is 1. The number of amides is 3. The van der Waals surface area contributed by atoms with E-state index in [1.165, 1.54) is 0 Å². The topological polar surface area (TPSA) is 111 Å². The zero-order valence-corrected chi connectivity index (χ0v) is 26.2. The Morgan fingerprint density at radius 1 is 1.02 bits per heavy atom. The summed E-state index contributed by atoms with van der Waals surface area (Å²) < 4.78 is 6.83. The minimum atomic E-state index is -1.19. The zero-order chi connectivity index (χ0) is 31.1. The van der Waals surface area contributed by atoms with Crippen molar-refractivity contribution in [2.75, 3.05) is 35.2 Å². The molecule has 9 heteroatoms. The van der Waals surface area contributed by atoms with Crippen LogP contribution in [0, 0.1) is 23.7 Å². The minimum absolute atomic E-state index is 0.0793. The van der Waals surface area contributed by atoms with Crippen LogP contribution in [0.4, 0.5) is 17.1 Å². The van der Waals surface area contributed by atoms with Crippen LogP contribution in [0.2, 0.25) is 0 Å². The van der Waals surface area contributed by atoms with Gasteiger partial charge in [-0.2, -0.15) is 0 Å². The van der Waals surface area contributed by atoms with Gasteiger partial charge in [0.15, 0.2) is 0 Å². The summed E-state index contributed by atoms with van der Waals surface area (Å²) in [6, 6.07) is 15.3. The van der Waals surface area contributed by atoms with Crippen LogP contribution in [-0.2, 0) is 19.1 Å². The van der Waals surface area contributed by atoms with Crippen molar-refractivity contribution in [2.45, 2.75) is 77.7 Å². The molecule has 5 rings (SSSR count). The predicted molar refractivity (Wildman–Crippen MR) is 168 cm³/mol. The van der Waals surface area contributed by atoms with Crippen molar-refractivity contribution in [3.05, 3.63) is 54.6 Å². The van der Waals surface area contributed by atoms with E-state index in [2.05, 4.69) is 29.4 Å². The highest BCUT2D eigenvalue weighted by atomic mass is 16.5. The summed E-state index contributed by atoms with van der Waals surface area (Å²) in [6.45, 7) is 13.6. The second kappa shape index (κ2) is 11.9. The molecule has 3 aliphatic rings. The van der Waals surface area contributed by atoms with Crippen LogP contribution in [0.1, 0.15) is 54.4 Å². The number of benzene rings is 2. The van der Waals surface area contributed by atoms with Crippen molar-refractivity contribution in [1.82, 2.24) is 4.90 Å². The van der Waals surface area contributed by atoms with Gasteiger partial charge in [-0.05, 0) is 81.8 Å². The summed E-state index contributed by atoms with van der Waals surface area (Å²) in [4.78, 5) is 46.5. The summed E-state index contributed by atoms with van der Waals surface area (Å²) in [5, 5.41) is 16.6. The van der Waals surface area contributed by atoms with Crippen molar-refractivity contribution < 1.29 is 24.2 Å². The van der Waals surface area contributed by atoms with Crippen molar-refractivity contribution in [1.29, 1.82) is 0 Å². The Morgan fingerprint density at radius 2 is 1.63 bits per heavy atom. The number of aliphatic hydroxyl groups excluding tert-OH is 1. The first-order chi connectivity index (χ1) is 20.5. The van der Waals surface area contributed by atoms with Gasteiger partial charge in [-0.25, -0.2) is 0 Å². The standard InChI is InChI=1S/C34H46N4O5/c1-7-37(8-2)25-16-14-24(15-17-25)36-31(41)29-34-19-22(5)33(6,43-34)27(30(40)35-23-12-10-9-11-13-23)28(34)32(42)38(29)26(20-39)18-21(3)4/h9-17,21-22,26-29,39H,7-8,18-20H2,1-6H3,(H,35,40)(H,36,41)/t22?,26-,27-,28+,29?,33+,34?/m1/s1. The number of anilines is 3. The van der Waals surface area contributed by atoms with Crippen LogP contribution in [0.3, 0.4) is 0 Å². The highest BCUT2D eigenvalue weighted by Gasteiger charge is 2.80. The van der Waals surface area contributed by atoms with E-state index >= 15 is 0 Å². The quantitative estimate of drug-likeness (QED) is 0.355. The van der Waals surface area contributed by atoms with Crippen molar-refractivity contribution in [2.24, 2.45) is 23.7 Å². The maximum absolute atomic E-state index is 14.5. The number of hydrogen-bond acceptors (Lipinski definition) is 6. The average Bonchev–Trinajstić information content (AvgIpc) is 3.50. The predicted octanol–water partition coefficient (Wildman–Crippen LogP) is 4.53. The molecule has 0 aliphatic carbocycles. The van der Waals surface area contributed by atoms with Crippen LogP contribution < -0.4 is 15.5 Å². The summed E-state index contributed by atoms with van der Waals surface area (Å²) in [6.07, 6.45) is 0.978. The first kappa shape index (κ1) is 31.0. The van der Waals surface area contributed by atoms with Crippen LogP contribution in [0.5, 0.6) is 0 Å². The molecule has 9 nitrogen and oxygen atoms in total. The maximum Gasteiger partial charge on any atom is 0.250 e. The lowest BCUT2D eigenvalue weighted by atomic mass is 9.62. The molecule has 3 saturated heterocycles. The number of carbonyl (C=O) groups is 3. The fourth-order valence-electron chi connectivity index (χ4n) is 7.89. The molecule has 3 aliphatic heterocycles. The number of ether oxygens (including phenoxy) is 1. The molecular weight excluding hydrogens is 544 g/mol. The van der Waals surface area contributed by atoms with Crippen molar-refractivity contribution in [3.8, 4) is 0 Å². The summed E-state index contributed by atoms with van der Waals surface area (Å²) in [5.41, 5.74) is 0.186. The molecule has 2 bridgehead atoms. The highest BCUT2D eigenvalue weighted by Crippen LogP contribution is 2.65. The van der Waals surface area contributed by atoms with Crippen LogP contribution in [0.25, 0.3) is 0 Å². The fourth-order valence-corrected chi connectivity index (χ4v) is 7.89. The molecule has 0 radical (unpaired) electrons. The van der Waals surface area contributed by atoms with E-state index in [9.17, 15) is 19.5 Å². The van der Waals surface area contributed by atoms with Gasteiger partial charge < -0.3 is 30.3 Å². The van der Waals surface area contributed by atoms with Crippen molar-refractivity contribution in [3.63, 3.8) is 0 Å². The van der Waals surface area contributed by atoms with E-state index in [0.717, 1.165) is 18.8 Å². The van der Waals surface area contributed by atoms with E-state index in [-0.39, 0.29) is 36.2 Å². The largest absolute Gasteiger partial charge is 0.394 e. The molecule has 3 amide bonds. The third-order valence-corrected chi connectivity index (χ3v) is 9.94. The number of nitrogens with one attached hydrogen (secondary N) is 2. The zero-order valence-electron chi connectivity index (χ0n) is 26.2. The number of carbonyl (C=O) groups excluding carboxylic acids is 3. The lowest BCUT2D eigenvalue weighted by Crippen LogP contribution is -2.56. The number of rotatable bonds is 11. The molecule has 2 aromatic carbocycles. The summed E-state index contributed by atoms with van der Waals surface area (Å²) >= 11 is 0. The maximum atomic E-state index is 14.5. The van der Waals surface area contributed by atoms with Crippen LogP contribution in [-0.4, -0.2) is 70.7 Å². The number of aliphatic hydroxyl groups is 1. The van der Waals surface area contributed by atoms with E-state index in [1.54, 1.807) is 4.90 Å². The van der Waals surface area contributed by atoms with Gasteiger partial charge in [-0.15, -0.1) is 0 Å².